The summed E-state index contributed by atoms with van der Waals surface area (Å²) in [5.41, 5.74) is 1.85. The van der Waals surface area contributed by atoms with E-state index < -0.39 is 22.0 Å². The van der Waals surface area contributed by atoms with Crippen molar-refractivity contribution in [3.05, 3.63) is 59.9 Å². The van der Waals surface area contributed by atoms with Crippen molar-refractivity contribution in [2.75, 3.05) is 26.7 Å². The lowest BCUT2D eigenvalue weighted by molar-refractivity contribution is -0.145. The number of hydrogen-bond donors (Lipinski definition) is 2. The van der Waals surface area contributed by atoms with E-state index in [1.807, 2.05) is 39.0 Å². The number of aryl methyl sites for hydroxylation is 1. The Balaban J connectivity index is 1.93. The van der Waals surface area contributed by atoms with Gasteiger partial charge in [-0.05, 0) is 56.4 Å². The first-order valence-electron chi connectivity index (χ1n) is 12.2. The van der Waals surface area contributed by atoms with Crippen molar-refractivity contribution in [3.63, 3.8) is 0 Å². The van der Waals surface area contributed by atoms with Gasteiger partial charge in [-0.3, -0.25) is 9.78 Å². The van der Waals surface area contributed by atoms with Crippen LogP contribution in [-0.4, -0.2) is 62.5 Å². The first-order valence-corrected chi connectivity index (χ1v) is 13.7. The van der Waals surface area contributed by atoms with E-state index >= 15 is 0 Å². The van der Waals surface area contributed by atoms with Crippen molar-refractivity contribution < 1.29 is 22.7 Å². The number of carbonyl (C=O) groups is 2. The van der Waals surface area contributed by atoms with Crippen molar-refractivity contribution in [2.24, 2.45) is 5.92 Å². The van der Waals surface area contributed by atoms with Crippen LogP contribution in [0.4, 0.5) is 4.79 Å². The normalized spacial score (nSPS) is 12.4. The van der Waals surface area contributed by atoms with E-state index in [4.69, 9.17) is 4.74 Å². The third-order valence-electron chi connectivity index (χ3n) is 5.58. The van der Waals surface area contributed by atoms with Crippen LogP contribution in [0, 0.1) is 12.8 Å². The number of sulfonamides is 1. The highest BCUT2D eigenvalue weighted by molar-refractivity contribution is 7.89. The average molecular weight is 519 g/mol. The van der Waals surface area contributed by atoms with Crippen LogP contribution in [0.2, 0.25) is 0 Å². The van der Waals surface area contributed by atoms with Crippen LogP contribution in [0.1, 0.15) is 44.4 Å². The fourth-order valence-electron chi connectivity index (χ4n) is 3.69. The van der Waals surface area contributed by atoms with E-state index in [0.29, 0.717) is 32.4 Å². The second-order valence-corrected chi connectivity index (χ2v) is 11.0. The quantitative estimate of drug-likeness (QED) is 0.293. The lowest BCUT2D eigenvalue weighted by atomic mass is 10.1. The van der Waals surface area contributed by atoms with Gasteiger partial charge in [0.15, 0.2) is 0 Å². The van der Waals surface area contributed by atoms with E-state index in [9.17, 15) is 18.0 Å². The van der Waals surface area contributed by atoms with Crippen molar-refractivity contribution >= 4 is 22.0 Å². The summed E-state index contributed by atoms with van der Waals surface area (Å²) in [5.74, 6) is -0.583. The minimum Gasteiger partial charge on any atom is -0.468 e. The number of rotatable bonds is 14. The molecule has 1 atom stereocenters. The van der Waals surface area contributed by atoms with Gasteiger partial charge in [0.2, 0.25) is 10.0 Å². The van der Waals surface area contributed by atoms with Crippen LogP contribution in [0.25, 0.3) is 0 Å². The zero-order valence-corrected chi connectivity index (χ0v) is 22.4. The summed E-state index contributed by atoms with van der Waals surface area (Å²) in [6, 6.07) is 11.0. The lowest BCUT2D eigenvalue weighted by Crippen LogP contribution is -2.47. The molecule has 0 aliphatic carbocycles. The molecule has 0 saturated carbocycles. The molecule has 1 heterocycles. The fraction of sp³-hybridized carbons (Fsp3) is 0.500. The van der Waals surface area contributed by atoms with Gasteiger partial charge in [-0.2, -0.15) is 4.31 Å². The Labute approximate surface area is 214 Å². The van der Waals surface area contributed by atoms with Crippen molar-refractivity contribution in [1.82, 2.24) is 19.9 Å². The minimum atomic E-state index is -3.91. The molecule has 0 fully saturated rings. The second-order valence-electron chi connectivity index (χ2n) is 9.07. The zero-order chi connectivity index (χ0) is 26.6. The number of nitrogens with zero attached hydrogens (tertiary/aromatic N) is 2. The Hall–Kier alpha value is -2.98. The number of unbranched alkanes of at least 4 members (excludes halogenated alkanes) is 1. The second kappa shape index (κ2) is 14.5. The maximum atomic E-state index is 13.5. The first kappa shape index (κ1) is 29.3. The van der Waals surface area contributed by atoms with Gasteiger partial charge in [0, 0.05) is 37.9 Å². The number of carbonyl (C=O) groups excluding carboxylic acids is 2. The zero-order valence-electron chi connectivity index (χ0n) is 21.6. The number of ether oxygens (including phenoxy) is 1. The Morgan fingerprint density at radius 2 is 1.72 bits per heavy atom. The molecule has 198 valence electrons. The molecule has 0 unspecified atom stereocenters. The van der Waals surface area contributed by atoms with Crippen molar-refractivity contribution in [2.45, 2.75) is 57.4 Å². The molecule has 1 aromatic carbocycles. The number of benzene rings is 1. The molecule has 0 bridgehead atoms. The number of nitrogens with one attached hydrogen (secondary N) is 2. The average Bonchev–Trinajstić information content (AvgIpc) is 2.85. The topological polar surface area (TPSA) is 118 Å². The van der Waals surface area contributed by atoms with Crippen molar-refractivity contribution in [3.8, 4) is 0 Å². The summed E-state index contributed by atoms with van der Waals surface area (Å²) in [6.07, 6.45) is 3.75. The van der Waals surface area contributed by atoms with Crippen LogP contribution >= 0.6 is 0 Å². The number of urea groups is 1. The van der Waals surface area contributed by atoms with Crippen molar-refractivity contribution in [1.29, 1.82) is 0 Å². The smallest absolute Gasteiger partial charge is 0.324 e. The van der Waals surface area contributed by atoms with Gasteiger partial charge < -0.3 is 15.4 Å². The predicted molar refractivity (Wildman–Crippen MR) is 139 cm³/mol. The number of hydrogen-bond acceptors (Lipinski definition) is 6. The molecular formula is C26H38N4O5S. The van der Waals surface area contributed by atoms with Gasteiger partial charge in [-0.1, -0.05) is 37.6 Å². The Bertz CT molecular complexity index is 1060. The summed E-state index contributed by atoms with van der Waals surface area (Å²) < 4.78 is 33.2. The third kappa shape index (κ3) is 9.23. The van der Waals surface area contributed by atoms with Gasteiger partial charge >= 0.3 is 12.0 Å². The molecule has 0 radical (unpaired) electrons. The molecule has 2 aromatic rings. The van der Waals surface area contributed by atoms with E-state index in [2.05, 4.69) is 15.6 Å². The molecule has 36 heavy (non-hydrogen) atoms. The summed E-state index contributed by atoms with van der Waals surface area (Å²) in [5, 5.41) is 5.58. The molecule has 1 aromatic heterocycles. The van der Waals surface area contributed by atoms with Crippen LogP contribution in [0.3, 0.4) is 0 Å². The van der Waals surface area contributed by atoms with Crippen LogP contribution < -0.4 is 10.6 Å². The van der Waals surface area contributed by atoms with E-state index in [1.54, 1.807) is 30.5 Å². The van der Waals surface area contributed by atoms with E-state index in [-0.39, 0.29) is 29.8 Å². The lowest BCUT2D eigenvalue weighted by Gasteiger charge is -2.30. The molecule has 9 nitrogen and oxygen atoms in total. The number of pyridine rings is 1. The molecular weight excluding hydrogens is 480 g/mol. The van der Waals surface area contributed by atoms with E-state index in [0.717, 1.165) is 11.3 Å². The van der Waals surface area contributed by atoms with Crippen LogP contribution in [0.15, 0.2) is 53.6 Å². The minimum absolute atomic E-state index is 0.00817. The molecule has 0 spiro atoms. The number of amides is 2. The van der Waals surface area contributed by atoms with Gasteiger partial charge in [-0.15, -0.1) is 0 Å². The number of aromatic nitrogens is 1. The van der Waals surface area contributed by atoms with Gasteiger partial charge in [0.05, 0.1) is 12.0 Å². The fourth-order valence-corrected chi connectivity index (χ4v) is 5.46. The summed E-state index contributed by atoms with van der Waals surface area (Å²) in [6.45, 7) is 6.75. The Kier molecular flexibility index (Phi) is 11.8. The van der Waals surface area contributed by atoms with Crippen LogP contribution in [-0.2, 0) is 26.0 Å². The maximum absolute atomic E-state index is 13.5. The first-order chi connectivity index (χ1) is 17.1. The summed E-state index contributed by atoms with van der Waals surface area (Å²) in [7, 11) is -2.65. The monoisotopic (exact) mass is 518 g/mol. The SMILES string of the molecule is COC(=O)[C@H](CCCCNC(=O)NCCc1ccccn1)N(CC(C)C)S(=O)(=O)c1ccc(C)cc1. The highest BCUT2D eigenvalue weighted by Crippen LogP contribution is 2.23. The maximum Gasteiger partial charge on any atom is 0.324 e. The largest absolute Gasteiger partial charge is 0.468 e. The van der Waals surface area contributed by atoms with Gasteiger partial charge in [-0.25, -0.2) is 13.2 Å². The summed E-state index contributed by atoms with van der Waals surface area (Å²) in [4.78, 5) is 29.0. The Morgan fingerprint density at radius 1 is 1.03 bits per heavy atom. The van der Waals surface area contributed by atoms with E-state index in [1.165, 1.54) is 11.4 Å². The predicted octanol–water partition coefficient (Wildman–Crippen LogP) is 3.29. The Morgan fingerprint density at radius 3 is 2.33 bits per heavy atom. The van der Waals surface area contributed by atoms with Gasteiger partial charge in [0.1, 0.15) is 6.04 Å². The molecule has 0 aliphatic heterocycles. The van der Waals surface area contributed by atoms with Gasteiger partial charge in [0.25, 0.3) is 0 Å². The highest BCUT2D eigenvalue weighted by Gasteiger charge is 2.36. The molecule has 2 N–H and O–H groups in total. The summed E-state index contributed by atoms with van der Waals surface area (Å²) >= 11 is 0. The molecule has 2 amide bonds. The number of esters is 1. The highest BCUT2D eigenvalue weighted by atomic mass is 32.2. The van der Waals surface area contributed by atoms with Crippen LogP contribution in [0.5, 0.6) is 0 Å². The molecule has 0 saturated heterocycles. The molecule has 0 aliphatic rings. The third-order valence-corrected chi connectivity index (χ3v) is 7.47. The standard InChI is InChI=1S/C26H38N4O5S/c1-20(2)19-30(36(33,34)23-13-11-21(3)12-14-23)24(25(31)35-4)10-6-8-17-28-26(32)29-18-15-22-9-5-7-16-27-22/h5,7,9,11-14,16,20,24H,6,8,10,15,17-19H2,1-4H3,(H2,28,29,32)/t24-/m0/s1. The number of methoxy groups -OCH3 is 1. The molecule has 2 rings (SSSR count). The molecule has 10 heteroatoms.